The van der Waals surface area contributed by atoms with Crippen LogP contribution in [0.25, 0.3) is 0 Å². The zero-order valence-electron chi connectivity index (χ0n) is 16.7. The maximum absolute atomic E-state index is 12.8. The molecule has 0 bridgehead atoms. The Morgan fingerprint density at radius 1 is 1.22 bits per heavy atom. The average molecular weight is 374 g/mol. The third kappa shape index (κ3) is 5.81. The summed E-state index contributed by atoms with van der Waals surface area (Å²) in [6.07, 6.45) is 3.28. The highest BCUT2D eigenvalue weighted by Crippen LogP contribution is 2.27. The number of carboxylic acid groups (broad SMARTS) is 1. The number of piperidine rings is 1. The Kier molecular flexibility index (Phi) is 6.63. The van der Waals surface area contributed by atoms with Gasteiger partial charge in [-0.05, 0) is 62.3 Å². The number of carboxylic acids is 1. The Hall–Kier alpha value is -2.37. The van der Waals surface area contributed by atoms with Gasteiger partial charge in [0.15, 0.2) is 0 Å². The number of hydrogen-bond donors (Lipinski definition) is 2. The lowest BCUT2D eigenvalue weighted by molar-refractivity contribution is -0.139. The van der Waals surface area contributed by atoms with Gasteiger partial charge >= 0.3 is 5.97 Å². The van der Waals surface area contributed by atoms with Crippen molar-refractivity contribution in [1.82, 2.24) is 4.90 Å². The number of nitrogens with one attached hydrogen (secondary N) is 1. The van der Waals surface area contributed by atoms with Crippen molar-refractivity contribution in [3.8, 4) is 0 Å². The molecule has 6 heteroatoms. The van der Waals surface area contributed by atoms with Gasteiger partial charge in [0.1, 0.15) is 0 Å². The Labute approximate surface area is 160 Å². The number of amides is 2. The lowest BCUT2D eigenvalue weighted by Crippen LogP contribution is -2.42. The second-order valence-corrected chi connectivity index (χ2v) is 8.33. The summed E-state index contributed by atoms with van der Waals surface area (Å²) in [5.41, 5.74) is 1.47. The van der Waals surface area contributed by atoms with Crippen molar-refractivity contribution in [3.63, 3.8) is 0 Å². The lowest BCUT2D eigenvalue weighted by Gasteiger charge is -2.33. The molecular weight excluding hydrogens is 344 g/mol. The van der Waals surface area contributed by atoms with E-state index in [0.29, 0.717) is 11.3 Å². The first-order valence-electron chi connectivity index (χ1n) is 9.52. The molecule has 1 fully saturated rings. The van der Waals surface area contributed by atoms with Crippen LogP contribution in [-0.2, 0) is 9.59 Å². The van der Waals surface area contributed by atoms with E-state index < -0.39 is 11.4 Å². The van der Waals surface area contributed by atoms with Gasteiger partial charge in [0, 0.05) is 30.3 Å². The number of carbonyl (C=O) groups excluding carboxylic acids is 2. The van der Waals surface area contributed by atoms with E-state index in [0.717, 1.165) is 31.4 Å². The smallest absolute Gasteiger partial charge is 0.303 e. The Balaban J connectivity index is 2.04. The quantitative estimate of drug-likeness (QED) is 0.792. The molecular formula is C21H30N2O4. The highest BCUT2D eigenvalue weighted by Gasteiger charge is 2.26. The van der Waals surface area contributed by atoms with Crippen LogP contribution in [0.1, 0.15) is 68.8 Å². The molecule has 27 heavy (non-hydrogen) atoms. The molecule has 2 rings (SSSR count). The van der Waals surface area contributed by atoms with Gasteiger partial charge < -0.3 is 15.3 Å². The van der Waals surface area contributed by atoms with Gasteiger partial charge in [0.05, 0.1) is 6.42 Å². The molecule has 1 atom stereocenters. The van der Waals surface area contributed by atoms with E-state index in [4.69, 9.17) is 5.11 Å². The Morgan fingerprint density at radius 3 is 2.52 bits per heavy atom. The standard InChI is InChI=1S/C21H30N2O4/c1-14-11-16(20(27)23-10-6-5-7-15(23)2)8-9-17(14)22-18(24)12-21(3,4)13-19(25)26/h8-9,11,15H,5-7,10,12-13H2,1-4H3,(H,22,24)(H,25,26). The van der Waals surface area contributed by atoms with E-state index in [2.05, 4.69) is 12.2 Å². The largest absolute Gasteiger partial charge is 0.481 e. The third-order valence-corrected chi connectivity index (χ3v) is 5.08. The molecule has 0 aromatic heterocycles. The minimum Gasteiger partial charge on any atom is -0.481 e. The number of nitrogens with zero attached hydrogens (tertiary/aromatic N) is 1. The summed E-state index contributed by atoms with van der Waals surface area (Å²) < 4.78 is 0. The normalized spacial score (nSPS) is 17.5. The highest BCUT2D eigenvalue weighted by molar-refractivity contribution is 5.97. The van der Waals surface area contributed by atoms with Crippen LogP contribution in [0.15, 0.2) is 18.2 Å². The van der Waals surface area contributed by atoms with Crippen LogP contribution in [0.3, 0.4) is 0 Å². The molecule has 1 unspecified atom stereocenters. The predicted octanol–water partition coefficient (Wildman–Crippen LogP) is 3.84. The first kappa shape index (κ1) is 20.9. The van der Waals surface area contributed by atoms with Crippen LogP contribution in [0, 0.1) is 12.3 Å². The minimum absolute atomic E-state index is 0.0331. The number of rotatable bonds is 6. The van der Waals surface area contributed by atoms with Crippen molar-refractivity contribution in [2.24, 2.45) is 5.41 Å². The number of anilines is 1. The van der Waals surface area contributed by atoms with Gasteiger partial charge in [-0.2, -0.15) is 0 Å². The van der Waals surface area contributed by atoms with Crippen LogP contribution in [0.2, 0.25) is 0 Å². The number of aliphatic carboxylic acids is 1. The molecule has 1 saturated heterocycles. The number of benzene rings is 1. The molecule has 0 aliphatic carbocycles. The maximum Gasteiger partial charge on any atom is 0.303 e. The summed E-state index contributed by atoms with van der Waals surface area (Å²) in [5, 5.41) is 11.8. The molecule has 1 aliphatic rings. The molecule has 148 valence electrons. The molecule has 1 heterocycles. The van der Waals surface area contributed by atoms with Crippen molar-refractivity contribution in [1.29, 1.82) is 0 Å². The molecule has 0 radical (unpaired) electrons. The van der Waals surface area contributed by atoms with Crippen LogP contribution in [0.5, 0.6) is 0 Å². The Morgan fingerprint density at radius 2 is 1.93 bits per heavy atom. The van der Waals surface area contributed by atoms with Crippen LogP contribution in [-0.4, -0.2) is 40.4 Å². The van der Waals surface area contributed by atoms with E-state index in [9.17, 15) is 14.4 Å². The summed E-state index contributed by atoms with van der Waals surface area (Å²) in [7, 11) is 0. The molecule has 6 nitrogen and oxygen atoms in total. The number of carbonyl (C=O) groups is 3. The van der Waals surface area contributed by atoms with Crippen molar-refractivity contribution in [3.05, 3.63) is 29.3 Å². The van der Waals surface area contributed by atoms with Crippen molar-refractivity contribution in [2.75, 3.05) is 11.9 Å². The van der Waals surface area contributed by atoms with Crippen molar-refractivity contribution < 1.29 is 19.5 Å². The van der Waals surface area contributed by atoms with Gasteiger partial charge in [-0.1, -0.05) is 13.8 Å². The summed E-state index contributed by atoms with van der Waals surface area (Å²) in [5.74, 6) is -1.11. The van der Waals surface area contributed by atoms with Crippen LogP contribution in [0.4, 0.5) is 5.69 Å². The third-order valence-electron chi connectivity index (χ3n) is 5.08. The van der Waals surface area contributed by atoms with Gasteiger partial charge in [-0.3, -0.25) is 14.4 Å². The van der Waals surface area contributed by atoms with Gasteiger partial charge in [-0.15, -0.1) is 0 Å². The first-order valence-corrected chi connectivity index (χ1v) is 9.52. The van der Waals surface area contributed by atoms with Crippen LogP contribution >= 0.6 is 0 Å². The Bertz CT molecular complexity index is 727. The number of aryl methyl sites for hydroxylation is 1. The molecule has 2 amide bonds. The fraction of sp³-hybridized carbons (Fsp3) is 0.571. The minimum atomic E-state index is -0.918. The lowest BCUT2D eigenvalue weighted by atomic mass is 9.85. The molecule has 0 saturated carbocycles. The maximum atomic E-state index is 12.8. The van der Waals surface area contributed by atoms with E-state index in [1.54, 1.807) is 26.0 Å². The molecule has 0 spiro atoms. The monoisotopic (exact) mass is 374 g/mol. The molecule has 1 aliphatic heterocycles. The van der Waals surface area contributed by atoms with Crippen molar-refractivity contribution >= 4 is 23.5 Å². The van der Waals surface area contributed by atoms with E-state index in [1.165, 1.54) is 0 Å². The second kappa shape index (κ2) is 8.55. The summed E-state index contributed by atoms with van der Waals surface area (Å²) in [6.45, 7) is 8.24. The fourth-order valence-corrected chi connectivity index (χ4v) is 3.60. The fourth-order valence-electron chi connectivity index (χ4n) is 3.60. The van der Waals surface area contributed by atoms with E-state index >= 15 is 0 Å². The zero-order valence-corrected chi connectivity index (χ0v) is 16.7. The SMILES string of the molecule is Cc1cc(C(=O)N2CCCCC2C)ccc1NC(=O)CC(C)(C)CC(=O)O. The summed E-state index contributed by atoms with van der Waals surface area (Å²) >= 11 is 0. The number of likely N-dealkylation sites (tertiary alicyclic amines) is 1. The second-order valence-electron chi connectivity index (χ2n) is 8.33. The van der Waals surface area contributed by atoms with Gasteiger partial charge in [0.25, 0.3) is 5.91 Å². The average Bonchev–Trinajstić information content (AvgIpc) is 2.54. The highest BCUT2D eigenvalue weighted by atomic mass is 16.4. The van der Waals surface area contributed by atoms with Gasteiger partial charge in [-0.25, -0.2) is 0 Å². The zero-order chi connectivity index (χ0) is 20.2. The van der Waals surface area contributed by atoms with Crippen LogP contribution < -0.4 is 5.32 Å². The molecule has 1 aromatic rings. The molecule has 2 N–H and O–H groups in total. The predicted molar refractivity (Wildman–Crippen MR) is 105 cm³/mol. The number of hydrogen-bond acceptors (Lipinski definition) is 3. The topological polar surface area (TPSA) is 86.7 Å². The molecule has 1 aromatic carbocycles. The van der Waals surface area contributed by atoms with E-state index in [1.807, 2.05) is 17.9 Å². The first-order chi connectivity index (χ1) is 12.6. The summed E-state index contributed by atoms with van der Waals surface area (Å²) in [6, 6.07) is 5.55. The van der Waals surface area contributed by atoms with Crippen molar-refractivity contribution in [2.45, 2.75) is 65.8 Å². The summed E-state index contributed by atoms with van der Waals surface area (Å²) in [4.78, 5) is 37.9. The van der Waals surface area contributed by atoms with Gasteiger partial charge in [0.2, 0.25) is 5.91 Å². The van der Waals surface area contributed by atoms with E-state index in [-0.39, 0.29) is 30.7 Å².